The van der Waals surface area contributed by atoms with E-state index in [4.69, 9.17) is 9.84 Å². The van der Waals surface area contributed by atoms with Gasteiger partial charge in [-0.15, -0.1) is 0 Å². The van der Waals surface area contributed by atoms with Crippen LogP contribution in [0.25, 0.3) is 0 Å². The third-order valence-corrected chi connectivity index (χ3v) is 3.05. The molecule has 0 saturated heterocycles. The first-order chi connectivity index (χ1) is 8.20. The van der Waals surface area contributed by atoms with Gasteiger partial charge in [0.15, 0.2) is 0 Å². The van der Waals surface area contributed by atoms with Gasteiger partial charge in [0.25, 0.3) is 5.91 Å². The fourth-order valence-electron chi connectivity index (χ4n) is 1.97. The fraction of sp³-hybridized carbons (Fsp3) is 0.583. The zero-order valence-corrected chi connectivity index (χ0v) is 9.93. The molecule has 0 radical (unpaired) electrons. The van der Waals surface area contributed by atoms with Gasteiger partial charge in [0.2, 0.25) is 0 Å². The third-order valence-electron chi connectivity index (χ3n) is 3.05. The second kappa shape index (κ2) is 5.33. The van der Waals surface area contributed by atoms with Crippen LogP contribution in [0.2, 0.25) is 0 Å². The number of aromatic nitrogens is 1. The predicted molar refractivity (Wildman–Crippen MR) is 62.8 cm³/mol. The first-order valence-electron chi connectivity index (χ1n) is 5.83. The highest BCUT2D eigenvalue weighted by Gasteiger charge is 2.29. The summed E-state index contributed by atoms with van der Waals surface area (Å²) in [6.07, 6.45) is 2.93. The van der Waals surface area contributed by atoms with Crippen molar-refractivity contribution in [1.29, 1.82) is 0 Å². The molecule has 1 fully saturated rings. The molecule has 0 unspecified atom stereocenters. The highest BCUT2D eigenvalue weighted by atomic mass is 16.5. The molecule has 1 aliphatic rings. The second-order valence-electron chi connectivity index (χ2n) is 4.38. The Kier molecular flexibility index (Phi) is 3.81. The molecule has 2 rings (SSSR count). The van der Waals surface area contributed by atoms with Crippen LogP contribution in [0, 0.1) is 0 Å². The number of amides is 1. The van der Waals surface area contributed by atoms with E-state index in [1.54, 1.807) is 13.2 Å². The zero-order chi connectivity index (χ0) is 12.3. The largest absolute Gasteiger partial charge is 0.393 e. The van der Waals surface area contributed by atoms with Crippen LogP contribution in [0.5, 0.6) is 0 Å². The Hall–Kier alpha value is -1.33. The SMILES string of the molecule is COCCn1cccc1C(=O)NC1CC(O)C1. The van der Waals surface area contributed by atoms with Crippen molar-refractivity contribution < 1.29 is 14.6 Å². The predicted octanol–water partition coefficient (Wildman–Crippen LogP) is 0.388. The molecule has 0 aliphatic heterocycles. The van der Waals surface area contributed by atoms with Crippen LogP contribution in [-0.4, -0.2) is 41.4 Å². The van der Waals surface area contributed by atoms with E-state index in [1.165, 1.54) is 0 Å². The summed E-state index contributed by atoms with van der Waals surface area (Å²) in [6.45, 7) is 1.25. The number of aliphatic hydroxyl groups is 1. The van der Waals surface area contributed by atoms with E-state index in [2.05, 4.69) is 5.32 Å². The second-order valence-corrected chi connectivity index (χ2v) is 4.38. The Bertz CT molecular complexity index is 383. The molecule has 0 bridgehead atoms. The molecule has 0 spiro atoms. The van der Waals surface area contributed by atoms with E-state index in [0.29, 0.717) is 31.7 Å². The number of nitrogens with zero attached hydrogens (tertiary/aromatic N) is 1. The number of nitrogens with one attached hydrogen (secondary N) is 1. The number of rotatable bonds is 5. The number of hydrogen-bond donors (Lipinski definition) is 2. The molecule has 17 heavy (non-hydrogen) atoms. The average molecular weight is 238 g/mol. The lowest BCUT2D eigenvalue weighted by molar-refractivity contribution is 0.0558. The van der Waals surface area contributed by atoms with Crippen molar-refractivity contribution in [2.24, 2.45) is 0 Å². The number of aliphatic hydroxyl groups excluding tert-OH is 1. The van der Waals surface area contributed by atoms with E-state index in [9.17, 15) is 4.79 Å². The summed E-state index contributed by atoms with van der Waals surface area (Å²) in [6, 6.07) is 3.75. The van der Waals surface area contributed by atoms with E-state index >= 15 is 0 Å². The molecule has 1 aromatic heterocycles. The summed E-state index contributed by atoms with van der Waals surface area (Å²) in [5.41, 5.74) is 0.642. The molecule has 5 heteroatoms. The van der Waals surface area contributed by atoms with Crippen LogP contribution in [0.3, 0.4) is 0 Å². The average Bonchev–Trinajstić information content (AvgIpc) is 2.72. The van der Waals surface area contributed by atoms with Gasteiger partial charge in [-0.3, -0.25) is 4.79 Å². The van der Waals surface area contributed by atoms with Crippen molar-refractivity contribution in [3.05, 3.63) is 24.0 Å². The third kappa shape index (κ3) is 2.87. The molecule has 1 aromatic rings. The Labute approximate surface area is 100 Å². The Balaban J connectivity index is 1.91. The minimum Gasteiger partial charge on any atom is -0.393 e. The summed E-state index contributed by atoms with van der Waals surface area (Å²) in [5, 5.41) is 12.1. The maximum atomic E-state index is 11.9. The van der Waals surface area contributed by atoms with E-state index in [-0.39, 0.29) is 18.1 Å². The maximum Gasteiger partial charge on any atom is 0.268 e. The van der Waals surface area contributed by atoms with Gasteiger partial charge in [0, 0.05) is 25.9 Å². The highest BCUT2D eigenvalue weighted by molar-refractivity contribution is 5.93. The lowest BCUT2D eigenvalue weighted by Crippen LogP contribution is -2.47. The number of ether oxygens (including phenoxy) is 1. The van der Waals surface area contributed by atoms with Gasteiger partial charge in [-0.2, -0.15) is 0 Å². The molecular weight excluding hydrogens is 220 g/mol. The summed E-state index contributed by atoms with van der Waals surface area (Å²) < 4.78 is 6.86. The molecule has 2 N–H and O–H groups in total. The van der Waals surface area contributed by atoms with Crippen molar-refractivity contribution in [3.63, 3.8) is 0 Å². The molecular formula is C12H18N2O3. The smallest absolute Gasteiger partial charge is 0.268 e. The normalized spacial score (nSPS) is 23.2. The topological polar surface area (TPSA) is 63.5 Å². The van der Waals surface area contributed by atoms with E-state index in [1.807, 2.05) is 16.8 Å². The highest BCUT2D eigenvalue weighted by Crippen LogP contribution is 2.19. The molecule has 5 nitrogen and oxygen atoms in total. The fourth-order valence-corrected chi connectivity index (χ4v) is 1.97. The minimum atomic E-state index is -0.249. The van der Waals surface area contributed by atoms with Crippen molar-refractivity contribution >= 4 is 5.91 Å². The summed E-state index contributed by atoms with van der Waals surface area (Å²) in [5.74, 6) is -0.0806. The van der Waals surface area contributed by atoms with Gasteiger partial charge < -0.3 is 19.7 Å². The van der Waals surface area contributed by atoms with Crippen molar-refractivity contribution in [2.75, 3.05) is 13.7 Å². The van der Waals surface area contributed by atoms with Crippen LogP contribution in [0.1, 0.15) is 23.3 Å². The summed E-state index contributed by atoms with van der Waals surface area (Å²) in [7, 11) is 1.64. The van der Waals surface area contributed by atoms with Gasteiger partial charge >= 0.3 is 0 Å². The quantitative estimate of drug-likeness (QED) is 0.780. The van der Waals surface area contributed by atoms with Gasteiger partial charge in [-0.25, -0.2) is 0 Å². The number of carbonyl (C=O) groups excluding carboxylic acids is 1. The van der Waals surface area contributed by atoms with Gasteiger partial charge in [-0.1, -0.05) is 0 Å². The van der Waals surface area contributed by atoms with Gasteiger partial charge in [-0.05, 0) is 25.0 Å². The molecule has 1 amide bonds. The number of hydrogen-bond acceptors (Lipinski definition) is 3. The Morgan fingerprint density at radius 2 is 2.41 bits per heavy atom. The molecule has 0 aromatic carbocycles. The first-order valence-corrected chi connectivity index (χ1v) is 5.83. The molecule has 1 heterocycles. The Morgan fingerprint density at radius 1 is 1.65 bits per heavy atom. The van der Waals surface area contributed by atoms with E-state index in [0.717, 1.165) is 0 Å². The van der Waals surface area contributed by atoms with Crippen molar-refractivity contribution in [3.8, 4) is 0 Å². The van der Waals surface area contributed by atoms with Crippen LogP contribution in [-0.2, 0) is 11.3 Å². The van der Waals surface area contributed by atoms with Crippen LogP contribution in [0.4, 0.5) is 0 Å². The zero-order valence-electron chi connectivity index (χ0n) is 9.93. The lowest BCUT2D eigenvalue weighted by atomic mass is 9.89. The van der Waals surface area contributed by atoms with Crippen molar-refractivity contribution in [2.45, 2.75) is 31.5 Å². The lowest BCUT2D eigenvalue weighted by Gasteiger charge is -2.31. The summed E-state index contributed by atoms with van der Waals surface area (Å²) in [4.78, 5) is 11.9. The van der Waals surface area contributed by atoms with Crippen LogP contribution >= 0.6 is 0 Å². The molecule has 94 valence electrons. The Morgan fingerprint density at radius 3 is 3.06 bits per heavy atom. The monoisotopic (exact) mass is 238 g/mol. The standard InChI is InChI=1S/C12H18N2O3/c1-17-6-5-14-4-2-3-11(14)12(16)13-9-7-10(15)8-9/h2-4,9-10,15H,5-8H2,1H3,(H,13,16). The number of methoxy groups -OCH3 is 1. The van der Waals surface area contributed by atoms with Gasteiger partial charge in [0.05, 0.1) is 12.7 Å². The van der Waals surface area contributed by atoms with E-state index < -0.39 is 0 Å². The van der Waals surface area contributed by atoms with Crippen LogP contribution in [0.15, 0.2) is 18.3 Å². The summed E-state index contributed by atoms with van der Waals surface area (Å²) >= 11 is 0. The maximum absolute atomic E-state index is 11.9. The molecule has 0 atom stereocenters. The number of carbonyl (C=O) groups is 1. The van der Waals surface area contributed by atoms with Gasteiger partial charge in [0.1, 0.15) is 5.69 Å². The van der Waals surface area contributed by atoms with Crippen molar-refractivity contribution in [1.82, 2.24) is 9.88 Å². The minimum absolute atomic E-state index is 0.0806. The molecule has 1 aliphatic carbocycles. The molecule has 1 saturated carbocycles. The first kappa shape index (κ1) is 12.1. The van der Waals surface area contributed by atoms with Crippen LogP contribution < -0.4 is 5.32 Å².